The number of carboxylic acids is 1. The van der Waals surface area contributed by atoms with Crippen LogP contribution in [0.4, 0.5) is 0 Å². The summed E-state index contributed by atoms with van der Waals surface area (Å²) in [7, 11) is 0. The van der Waals surface area contributed by atoms with Crippen LogP contribution in [0.1, 0.15) is 26.2 Å². The SMILES string of the molecule is CC(O)C1C(=O)N2C(C(=O)O)=C3C(Oc4cccc5oc6ccccc6c45)CCCC3C12. The second kappa shape index (κ2) is 6.84. The molecule has 1 aliphatic carbocycles. The number of ether oxygens (including phenoxy) is 1. The summed E-state index contributed by atoms with van der Waals surface area (Å²) < 4.78 is 12.5. The smallest absolute Gasteiger partial charge is 0.352 e. The van der Waals surface area contributed by atoms with Crippen molar-refractivity contribution >= 4 is 33.8 Å². The van der Waals surface area contributed by atoms with Crippen LogP contribution >= 0.6 is 0 Å². The number of furan rings is 1. The minimum Gasteiger partial charge on any atom is -0.485 e. The molecule has 0 spiro atoms. The van der Waals surface area contributed by atoms with Crippen LogP contribution in [0.3, 0.4) is 0 Å². The predicted octanol–water partition coefficient (Wildman–Crippen LogP) is 3.69. The van der Waals surface area contributed by atoms with Gasteiger partial charge in [0.2, 0.25) is 5.91 Å². The van der Waals surface area contributed by atoms with Crippen molar-refractivity contribution in [1.82, 2.24) is 4.90 Å². The van der Waals surface area contributed by atoms with Gasteiger partial charge in [-0.15, -0.1) is 0 Å². The maximum absolute atomic E-state index is 12.7. The number of hydrogen-bond donors (Lipinski definition) is 2. The van der Waals surface area contributed by atoms with Crippen molar-refractivity contribution in [2.45, 2.75) is 44.4 Å². The summed E-state index contributed by atoms with van der Waals surface area (Å²) in [5.41, 5.74) is 2.19. The van der Waals surface area contributed by atoms with Crippen molar-refractivity contribution in [3.63, 3.8) is 0 Å². The van der Waals surface area contributed by atoms with Gasteiger partial charge in [-0.1, -0.05) is 24.3 Å². The molecule has 3 aliphatic rings. The van der Waals surface area contributed by atoms with Crippen molar-refractivity contribution < 1.29 is 29.0 Å². The van der Waals surface area contributed by atoms with E-state index in [4.69, 9.17) is 9.15 Å². The van der Waals surface area contributed by atoms with Gasteiger partial charge in [0.05, 0.1) is 23.4 Å². The number of aliphatic hydroxyl groups excluding tert-OH is 1. The van der Waals surface area contributed by atoms with Crippen molar-refractivity contribution in [1.29, 1.82) is 0 Å². The number of amides is 1. The van der Waals surface area contributed by atoms with E-state index in [1.54, 1.807) is 6.92 Å². The zero-order valence-corrected chi connectivity index (χ0v) is 17.5. The topological polar surface area (TPSA) is 100 Å². The quantitative estimate of drug-likeness (QED) is 0.609. The number of hydrogen-bond acceptors (Lipinski definition) is 5. The molecule has 7 nitrogen and oxygen atoms in total. The molecule has 2 aliphatic heterocycles. The molecule has 0 bridgehead atoms. The molecule has 5 unspecified atom stereocenters. The lowest BCUT2D eigenvalue weighted by molar-refractivity contribution is -0.163. The normalized spacial score (nSPS) is 27.9. The van der Waals surface area contributed by atoms with Gasteiger partial charge in [0.15, 0.2) is 0 Å². The van der Waals surface area contributed by atoms with Crippen LogP contribution in [-0.2, 0) is 9.59 Å². The second-order valence-corrected chi connectivity index (χ2v) is 8.95. The Morgan fingerprint density at radius 3 is 2.72 bits per heavy atom. The largest absolute Gasteiger partial charge is 0.485 e. The number of para-hydroxylation sites is 1. The van der Waals surface area contributed by atoms with Crippen LogP contribution in [-0.4, -0.2) is 45.2 Å². The Labute approximate surface area is 183 Å². The first kappa shape index (κ1) is 19.4. The van der Waals surface area contributed by atoms with E-state index in [1.807, 2.05) is 42.5 Å². The lowest BCUT2D eigenvalue weighted by Gasteiger charge is -2.47. The van der Waals surface area contributed by atoms with E-state index >= 15 is 0 Å². The van der Waals surface area contributed by atoms with Crippen LogP contribution in [0.25, 0.3) is 21.9 Å². The molecule has 1 saturated heterocycles. The number of carboxylic acid groups (broad SMARTS) is 1. The third kappa shape index (κ3) is 2.51. The highest BCUT2D eigenvalue weighted by Gasteiger charge is 2.62. The van der Waals surface area contributed by atoms with E-state index in [-0.39, 0.29) is 23.6 Å². The van der Waals surface area contributed by atoms with Gasteiger partial charge in [-0.3, -0.25) is 4.79 Å². The van der Waals surface area contributed by atoms with Gasteiger partial charge in [-0.05, 0) is 44.4 Å². The molecule has 1 aromatic heterocycles. The average molecular weight is 433 g/mol. The Morgan fingerprint density at radius 1 is 1.16 bits per heavy atom. The Bertz CT molecular complexity index is 1300. The molecular weight excluding hydrogens is 410 g/mol. The molecule has 1 saturated carbocycles. The maximum Gasteiger partial charge on any atom is 0.352 e. The number of aliphatic hydroxyl groups is 1. The van der Waals surface area contributed by atoms with Gasteiger partial charge in [-0.2, -0.15) is 0 Å². The summed E-state index contributed by atoms with van der Waals surface area (Å²) in [5.74, 6) is -1.47. The maximum atomic E-state index is 12.7. The zero-order valence-electron chi connectivity index (χ0n) is 17.5. The van der Waals surface area contributed by atoms with Crippen molar-refractivity contribution in [2.24, 2.45) is 11.8 Å². The molecule has 6 rings (SSSR count). The minimum absolute atomic E-state index is 0.0378. The highest BCUT2D eigenvalue weighted by Crippen LogP contribution is 2.53. The van der Waals surface area contributed by atoms with E-state index in [0.717, 1.165) is 29.2 Å². The highest BCUT2D eigenvalue weighted by molar-refractivity contribution is 6.08. The first-order valence-electron chi connectivity index (χ1n) is 11.0. The number of fused-ring (bicyclic) bond motifs is 6. The number of carbonyl (C=O) groups is 2. The van der Waals surface area contributed by atoms with Crippen molar-refractivity contribution in [2.75, 3.05) is 0 Å². The molecule has 2 fully saturated rings. The number of aliphatic carboxylic acids is 1. The molecule has 1 amide bonds. The van der Waals surface area contributed by atoms with Gasteiger partial charge in [0, 0.05) is 16.9 Å². The summed E-state index contributed by atoms with van der Waals surface area (Å²) in [6.45, 7) is 1.60. The fraction of sp³-hybridized carbons (Fsp3) is 0.360. The summed E-state index contributed by atoms with van der Waals surface area (Å²) in [6, 6.07) is 13.1. The lowest BCUT2D eigenvalue weighted by Crippen LogP contribution is -2.64. The number of benzene rings is 2. The number of nitrogens with zero attached hydrogens (tertiary/aromatic N) is 1. The molecule has 3 aromatic rings. The van der Waals surface area contributed by atoms with Crippen LogP contribution in [0.15, 0.2) is 58.2 Å². The fourth-order valence-corrected chi connectivity index (χ4v) is 5.95. The standard InChI is InChI=1S/C25H23NO6/c1-12(27)19-22-14-7-4-9-18(21(14)23(25(29)30)26(22)24(19)28)32-17-11-5-10-16-20(17)13-6-2-3-8-15(13)31-16/h2-3,5-6,8,10-12,14,18-19,22,27H,4,7,9H2,1H3,(H,29,30). The molecule has 7 heteroatoms. The molecule has 32 heavy (non-hydrogen) atoms. The first-order valence-corrected chi connectivity index (χ1v) is 11.0. The number of β-lactam (4-membered cyclic amide) rings is 1. The predicted molar refractivity (Wildman–Crippen MR) is 116 cm³/mol. The van der Waals surface area contributed by atoms with Crippen LogP contribution in [0.5, 0.6) is 5.75 Å². The number of carbonyl (C=O) groups excluding carboxylic acids is 1. The molecule has 164 valence electrons. The van der Waals surface area contributed by atoms with Crippen molar-refractivity contribution in [3.05, 3.63) is 53.7 Å². The zero-order chi connectivity index (χ0) is 22.1. The second-order valence-electron chi connectivity index (χ2n) is 8.95. The molecule has 2 N–H and O–H groups in total. The van der Waals surface area contributed by atoms with Crippen LogP contribution < -0.4 is 4.74 Å². The van der Waals surface area contributed by atoms with Gasteiger partial charge in [0.25, 0.3) is 0 Å². The average Bonchev–Trinajstić information content (AvgIpc) is 3.28. The third-order valence-corrected chi connectivity index (χ3v) is 7.20. The van der Waals surface area contributed by atoms with Crippen LogP contribution in [0, 0.1) is 11.8 Å². The molecule has 0 radical (unpaired) electrons. The first-order chi connectivity index (χ1) is 15.5. The molecule has 2 aromatic carbocycles. The summed E-state index contributed by atoms with van der Waals surface area (Å²) in [5, 5.41) is 21.9. The van der Waals surface area contributed by atoms with Gasteiger partial charge in [0.1, 0.15) is 28.7 Å². The van der Waals surface area contributed by atoms with Gasteiger partial charge in [-0.25, -0.2) is 4.79 Å². The summed E-state index contributed by atoms with van der Waals surface area (Å²) in [4.78, 5) is 26.3. The van der Waals surface area contributed by atoms with E-state index in [9.17, 15) is 19.8 Å². The Kier molecular flexibility index (Phi) is 4.14. The van der Waals surface area contributed by atoms with Gasteiger partial charge < -0.3 is 24.3 Å². The minimum atomic E-state index is -1.12. The Hall–Kier alpha value is -3.32. The Morgan fingerprint density at radius 2 is 1.94 bits per heavy atom. The highest BCUT2D eigenvalue weighted by atomic mass is 16.5. The van der Waals surface area contributed by atoms with E-state index in [0.29, 0.717) is 23.3 Å². The van der Waals surface area contributed by atoms with Crippen molar-refractivity contribution in [3.8, 4) is 5.75 Å². The number of rotatable bonds is 4. The van der Waals surface area contributed by atoms with E-state index in [2.05, 4.69) is 0 Å². The van der Waals surface area contributed by atoms with Gasteiger partial charge >= 0.3 is 5.97 Å². The summed E-state index contributed by atoms with van der Waals surface area (Å²) >= 11 is 0. The molecular formula is C25H23NO6. The fourth-order valence-electron chi connectivity index (χ4n) is 5.95. The lowest BCUT2D eigenvalue weighted by atomic mass is 9.71. The monoisotopic (exact) mass is 433 g/mol. The molecule has 3 heterocycles. The Balaban J connectivity index is 1.44. The molecule has 5 atom stereocenters. The van der Waals surface area contributed by atoms with E-state index < -0.39 is 24.1 Å². The summed E-state index contributed by atoms with van der Waals surface area (Å²) in [6.07, 6.45) is 1.04. The van der Waals surface area contributed by atoms with Crippen LogP contribution in [0.2, 0.25) is 0 Å². The van der Waals surface area contributed by atoms with E-state index in [1.165, 1.54) is 4.90 Å². The third-order valence-electron chi connectivity index (χ3n) is 7.20.